The molecule has 1 aliphatic heterocycles. The van der Waals surface area contributed by atoms with E-state index in [0.717, 1.165) is 46.2 Å². The van der Waals surface area contributed by atoms with Crippen LogP contribution >= 0.6 is 38.9 Å². The maximum absolute atomic E-state index is 12.4. The van der Waals surface area contributed by atoms with Crippen LogP contribution in [-0.4, -0.2) is 37.0 Å². The van der Waals surface area contributed by atoms with Gasteiger partial charge in [-0.15, -0.1) is 11.3 Å². The molecule has 6 heteroatoms. The van der Waals surface area contributed by atoms with Crippen LogP contribution in [-0.2, 0) is 0 Å². The van der Waals surface area contributed by atoms with E-state index < -0.39 is 0 Å². The molecule has 1 fully saturated rings. The van der Waals surface area contributed by atoms with Crippen LogP contribution in [0, 0.1) is 0 Å². The van der Waals surface area contributed by atoms with Gasteiger partial charge in [-0.05, 0) is 46.3 Å². The number of carbonyl (C=O) groups excluding carboxylic acids is 1. The van der Waals surface area contributed by atoms with Crippen molar-refractivity contribution in [3.63, 3.8) is 0 Å². The van der Waals surface area contributed by atoms with Crippen molar-refractivity contribution in [2.24, 2.45) is 0 Å². The number of halogens is 2. The Hall–Kier alpha value is -1.04. The first-order valence-electron chi connectivity index (χ1n) is 6.67. The van der Waals surface area contributed by atoms with Gasteiger partial charge in [0, 0.05) is 42.3 Å². The van der Waals surface area contributed by atoms with Gasteiger partial charge in [-0.3, -0.25) is 4.79 Å². The first-order chi connectivity index (χ1) is 10.1. The van der Waals surface area contributed by atoms with Gasteiger partial charge in [-0.1, -0.05) is 11.6 Å². The van der Waals surface area contributed by atoms with Gasteiger partial charge in [-0.2, -0.15) is 0 Å². The van der Waals surface area contributed by atoms with Crippen molar-refractivity contribution in [3.8, 4) is 0 Å². The number of hydrogen-bond acceptors (Lipinski definition) is 3. The fourth-order valence-corrected chi connectivity index (χ4v) is 3.68. The summed E-state index contributed by atoms with van der Waals surface area (Å²) < 4.78 is 0.991. The lowest BCUT2D eigenvalue weighted by Gasteiger charge is -2.36. The first-order valence-corrected chi connectivity index (χ1v) is 8.72. The fourth-order valence-electron chi connectivity index (χ4n) is 2.42. The van der Waals surface area contributed by atoms with Crippen molar-refractivity contribution >= 4 is 50.5 Å². The maximum atomic E-state index is 12.4. The highest BCUT2D eigenvalue weighted by Gasteiger charge is 2.22. The molecular formula is C15H14BrClN2OS. The quantitative estimate of drug-likeness (QED) is 0.776. The van der Waals surface area contributed by atoms with Crippen LogP contribution in [0.2, 0.25) is 5.02 Å². The molecule has 21 heavy (non-hydrogen) atoms. The van der Waals surface area contributed by atoms with Crippen LogP contribution in [0.5, 0.6) is 0 Å². The average Bonchev–Trinajstić information content (AvgIpc) is 2.94. The number of carbonyl (C=O) groups is 1. The minimum Gasteiger partial charge on any atom is -0.368 e. The standard InChI is InChI=1S/C15H14BrClN2OS/c16-14-9-11(10-21-14)15(20)19-7-5-18(6-8-19)13-3-1-12(17)2-4-13/h1-4,9-10H,5-8H2. The predicted molar refractivity (Wildman–Crippen MR) is 91.6 cm³/mol. The Morgan fingerprint density at radius 2 is 1.81 bits per heavy atom. The third-order valence-electron chi connectivity index (χ3n) is 3.57. The summed E-state index contributed by atoms with van der Waals surface area (Å²) in [5.41, 5.74) is 1.93. The second kappa shape index (κ2) is 6.38. The number of hydrogen-bond donors (Lipinski definition) is 0. The molecule has 1 aliphatic rings. The molecule has 0 atom stereocenters. The molecule has 3 rings (SSSR count). The lowest BCUT2D eigenvalue weighted by atomic mass is 10.2. The van der Waals surface area contributed by atoms with Crippen LogP contribution in [0.3, 0.4) is 0 Å². The minimum atomic E-state index is 0.118. The highest BCUT2D eigenvalue weighted by molar-refractivity contribution is 9.11. The van der Waals surface area contributed by atoms with Crippen LogP contribution in [0.1, 0.15) is 10.4 Å². The number of nitrogens with zero attached hydrogens (tertiary/aromatic N) is 2. The molecule has 0 aliphatic carbocycles. The molecule has 1 aromatic carbocycles. The van der Waals surface area contributed by atoms with Crippen molar-refractivity contribution in [1.82, 2.24) is 4.90 Å². The van der Waals surface area contributed by atoms with E-state index in [4.69, 9.17) is 11.6 Å². The molecule has 1 saturated heterocycles. The van der Waals surface area contributed by atoms with Crippen molar-refractivity contribution < 1.29 is 4.79 Å². The average molecular weight is 386 g/mol. The summed E-state index contributed by atoms with van der Waals surface area (Å²) in [7, 11) is 0. The number of amides is 1. The van der Waals surface area contributed by atoms with E-state index in [1.54, 1.807) is 11.3 Å². The van der Waals surface area contributed by atoms with E-state index >= 15 is 0 Å². The van der Waals surface area contributed by atoms with Gasteiger partial charge in [0.05, 0.1) is 9.35 Å². The topological polar surface area (TPSA) is 23.6 Å². The zero-order chi connectivity index (χ0) is 14.8. The summed E-state index contributed by atoms with van der Waals surface area (Å²) in [6.45, 7) is 3.18. The molecule has 0 radical (unpaired) electrons. The Morgan fingerprint density at radius 1 is 1.14 bits per heavy atom. The second-order valence-electron chi connectivity index (χ2n) is 4.90. The normalized spacial score (nSPS) is 15.3. The molecule has 110 valence electrons. The van der Waals surface area contributed by atoms with E-state index in [2.05, 4.69) is 20.8 Å². The van der Waals surface area contributed by atoms with Crippen LogP contribution in [0.4, 0.5) is 5.69 Å². The smallest absolute Gasteiger partial charge is 0.254 e. The predicted octanol–water partition coefficient (Wildman–Crippen LogP) is 4.13. The summed E-state index contributed by atoms with van der Waals surface area (Å²) >= 11 is 10.9. The summed E-state index contributed by atoms with van der Waals surface area (Å²) in [5, 5.41) is 2.65. The van der Waals surface area contributed by atoms with Crippen LogP contribution in [0.15, 0.2) is 39.5 Å². The Kier molecular flexibility index (Phi) is 4.52. The van der Waals surface area contributed by atoms with Gasteiger partial charge < -0.3 is 9.80 Å². The zero-order valence-electron chi connectivity index (χ0n) is 11.3. The second-order valence-corrected chi connectivity index (χ2v) is 7.62. The lowest BCUT2D eigenvalue weighted by molar-refractivity contribution is 0.0747. The molecule has 1 amide bonds. The Bertz CT molecular complexity index is 635. The molecular weight excluding hydrogens is 372 g/mol. The summed E-state index contributed by atoms with van der Waals surface area (Å²) in [6, 6.07) is 9.73. The third kappa shape index (κ3) is 3.42. The number of thiophene rings is 1. The maximum Gasteiger partial charge on any atom is 0.254 e. The largest absolute Gasteiger partial charge is 0.368 e. The molecule has 2 heterocycles. The van der Waals surface area contributed by atoms with E-state index in [1.165, 1.54) is 0 Å². The zero-order valence-corrected chi connectivity index (χ0v) is 14.4. The molecule has 1 aromatic heterocycles. The highest BCUT2D eigenvalue weighted by atomic mass is 79.9. The first kappa shape index (κ1) is 14.9. The van der Waals surface area contributed by atoms with E-state index in [0.29, 0.717) is 0 Å². The third-order valence-corrected chi connectivity index (χ3v) is 5.33. The van der Waals surface area contributed by atoms with Crippen molar-refractivity contribution in [1.29, 1.82) is 0 Å². The molecule has 3 nitrogen and oxygen atoms in total. The van der Waals surface area contributed by atoms with E-state index in [1.807, 2.05) is 40.6 Å². The molecule has 0 bridgehead atoms. The van der Waals surface area contributed by atoms with Gasteiger partial charge in [0.1, 0.15) is 0 Å². The number of benzene rings is 1. The molecule has 0 unspecified atom stereocenters. The van der Waals surface area contributed by atoms with Crippen LogP contribution in [0.25, 0.3) is 0 Å². The molecule has 0 N–H and O–H groups in total. The minimum absolute atomic E-state index is 0.118. The number of anilines is 1. The number of rotatable bonds is 2. The van der Waals surface area contributed by atoms with Crippen LogP contribution < -0.4 is 4.90 Å². The lowest BCUT2D eigenvalue weighted by Crippen LogP contribution is -2.48. The van der Waals surface area contributed by atoms with Crippen molar-refractivity contribution in [2.45, 2.75) is 0 Å². The highest BCUT2D eigenvalue weighted by Crippen LogP contribution is 2.23. The van der Waals surface area contributed by atoms with Gasteiger partial charge in [0.2, 0.25) is 0 Å². The fraction of sp³-hybridized carbons (Fsp3) is 0.267. The Labute approximate surface area is 141 Å². The van der Waals surface area contributed by atoms with Crippen molar-refractivity contribution in [3.05, 3.63) is 50.1 Å². The Balaban J connectivity index is 1.62. The van der Waals surface area contributed by atoms with E-state index in [-0.39, 0.29) is 5.91 Å². The number of piperazine rings is 1. The van der Waals surface area contributed by atoms with Gasteiger partial charge in [0.15, 0.2) is 0 Å². The van der Waals surface area contributed by atoms with Gasteiger partial charge in [0.25, 0.3) is 5.91 Å². The summed E-state index contributed by atoms with van der Waals surface area (Å²) in [6.07, 6.45) is 0. The van der Waals surface area contributed by atoms with Gasteiger partial charge >= 0.3 is 0 Å². The van der Waals surface area contributed by atoms with Gasteiger partial charge in [-0.25, -0.2) is 0 Å². The monoisotopic (exact) mass is 384 g/mol. The summed E-state index contributed by atoms with van der Waals surface area (Å²) in [5.74, 6) is 0.118. The summed E-state index contributed by atoms with van der Waals surface area (Å²) in [4.78, 5) is 16.6. The molecule has 0 spiro atoms. The molecule has 0 saturated carbocycles. The molecule has 2 aromatic rings. The van der Waals surface area contributed by atoms with E-state index in [9.17, 15) is 4.79 Å². The van der Waals surface area contributed by atoms with Crippen molar-refractivity contribution in [2.75, 3.05) is 31.1 Å². The Morgan fingerprint density at radius 3 is 2.38 bits per heavy atom. The SMILES string of the molecule is O=C(c1csc(Br)c1)N1CCN(c2ccc(Cl)cc2)CC1.